The van der Waals surface area contributed by atoms with Crippen molar-refractivity contribution in [1.29, 1.82) is 0 Å². The van der Waals surface area contributed by atoms with Crippen LogP contribution in [0.25, 0.3) is 0 Å². The van der Waals surface area contributed by atoms with E-state index >= 15 is 0 Å². The van der Waals surface area contributed by atoms with Crippen molar-refractivity contribution in [3.8, 4) is 0 Å². The van der Waals surface area contributed by atoms with E-state index in [2.05, 4.69) is 35.8 Å². The maximum atomic E-state index is 12.3. The van der Waals surface area contributed by atoms with Crippen molar-refractivity contribution < 1.29 is 4.79 Å². The molecule has 0 N–H and O–H groups in total. The molecule has 0 aliphatic carbocycles. The summed E-state index contributed by atoms with van der Waals surface area (Å²) in [5.74, 6) is 0.251. The second kappa shape index (κ2) is 8.18. The molecule has 3 heteroatoms. The first-order chi connectivity index (χ1) is 10.2. The summed E-state index contributed by atoms with van der Waals surface area (Å²) in [4.78, 5) is 16.9. The first-order valence-corrected chi connectivity index (χ1v) is 8.35. The molecule has 21 heavy (non-hydrogen) atoms. The number of Topliss-reactive ketones (excluding diaryl/α,β-unsaturated/α-hetero) is 1. The van der Waals surface area contributed by atoms with E-state index in [0.717, 1.165) is 44.6 Å². The monoisotopic (exact) mass is 288 g/mol. The third-order valence-corrected chi connectivity index (χ3v) is 4.11. The van der Waals surface area contributed by atoms with E-state index in [1.807, 2.05) is 12.1 Å². The first-order valence-electron chi connectivity index (χ1n) is 8.35. The van der Waals surface area contributed by atoms with Crippen LogP contribution in [-0.2, 0) is 0 Å². The van der Waals surface area contributed by atoms with Gasteiger partial charge in [0.15, 0.2) is 5.78 Å². The maximum Gasteiger partial charge on any atom is 0.176 e. The Bertz CT molecular complexity index is 429. The number of hydrogen-bond donors (Lipinski definition) is 0. The average Bonchev–Trinajstić information content (AvgIpc) is 3.00. The highest BCUT2D eigenvalue weighted by Crippen LogP contribution is 2.17. The lowest BCUT2D eigenvalue weighted by molar-refractivity contribution is 0.0945. The van der Waals surface area contributed by atoms with E-state index in [-0.39, 0.29) is 5.78 Å². The van der Waals surface area contributed by atoms with E-state index < -0.39 is 0 Å². The van der Waals surface area contributed by atoms with Gasteiger partial charge in [-0.1, -0.05) is 13.8 Å². The van der Waals surface area contributed by atoms with Crippen LogP contribution in [0.15, 0.2) is 24.3 Å². The highest BCUT2D eigenvalue weighted by Gasteiger charge is 2.16. The summed E-state index contributed by atoms with van der Waals surface area (Å²) < 4.78 is 0. The topological polar surface area (TPSA) is 23.6 Å². The van der Waals surface area contributed by atoms with Gasteiger partial charge in [-0.15, -0.1) is 0 Å². The van der Waals surface area contributed by atoms with Gasteiger partial charge in [0.1, 0.15) is 0 Å². The van der Waals surface area contributed by atoms with Crippen molar-refractivity contribution in [2.24, 2.45) is 0 Å². The summed E-state index contributed by atoms with van der Waals surface area (Å²) in [5, 5.41) is 0. The minimum atomic E-state index is 0.251. The Balaban J connectivity index is 1.97. The third kappa shape index (κ3) is 4.57. The summed E-state index contributed by atoms with van der Waals surface area (Å²) in [6.45, 7) is 9.29. The van der Waals surface area contributed by atoms with Gasteiger partial charge in [-0.3, -0.25) is 9.69 Å². The number of benzene rings is 1. The lowest BCUT2D eigenvalue weighted by atomic mass is 10.1. The molecule has 0 saturated carbocycles. The fourth-order valence-corrected chi connectivity index (χ4v) is 3.00. The summed E-state index contributed by atoms with van der Waals surface area (Å²) in [5.41, 5.74) is 2.08. The van der Waals surface area contributed by atoms with E-state index in [9.17, 15) is 4.79 Å². The summed E-state index contributed by atoms with van der Waals surface area (Å²) in [6, 6.07) is 8.18. The van der Waals surface area contributed by atoms with Gasteiger partial charge in [0.2, 0.25) is 0 Å². The Morgan fingerprint density at radius 2 is 1.62 bits per heavy atom. The van der Waals surface area contributed by atoms with Gasteiger partial charge < -0.3 is 4.90 Å². The van der Waals surface area contributed by atoms with Crippen LogP contribution in [-0.4, -0.2) is 43.4 Å². The molecular formula is C18H28N2O. The normalized spacial score (nSPS) is 15.3. The Morgan fingerprint density at radius 3 is 2.14 bits per heavy atom. The Labute approximate surface area is 128 Å². The molecule has 0 unspecified atom stereocenters. The number of rotatable bonds is 8. The van der Waals surface area contributed by atoms with E-state index in [1.54, 1.807) is 0 Å². The highest BCUT2D eigenvalue weighted by molar-refractivity contribution is 5.97. The summed E-state index contributed by atoms with van der Waals surface area (Å²) in [7, 11) is 0. The van der Waals surface area contributed by atoms with Gasteiger partial charge in [-0.2, -0.15) is 0 Å². The molecule has 1 aliphatic rings. The molecule has 2 rings (SSSR count). The number of carbonyl (C=O) groups is 1. The molecule has 1 heterocycles. The lowest BCUT2D eigenvalue weighted by Gasteiger charge is -2.24. The van der Waals surface area contributed by atoms with Crippen LogP contribution in [0.3, 0.4) is 0 Å². The Kier molecular flexibility index (Phi) is 6.24. The van der Waals surface area contributed by atoms with Crippen LogP contribution >= 0.6 is 0 Å². The molecular weight excluding hydrogens is 260 g/mol. The Morgan fingerprint density at radius 1 is 1.05 bits per heavy atom. The standard InChI is InChI=1S/C18H28N2O/c1-3-11-20(12-4-2)17-9-7-16(8-10-17)18(21)15-19-13-5-6-14-19/h7-10H,3-6,11-15H2,1-2H3. The number of ketones is 1. The zero-order valence-corrected chi connectivity index (χ0v) is 13.5. The number of anilines is 1. The van der Waals surface area contributed by atoms with Crippen LogP contribution in [0, 0.1) is 0 Å². The molecule has 1 aliphatic heterocycles. The molecule has 1 aromatic rings. The fourth-order valence-electron chi connectivity index (χ4n) is 3.00. The van der Waals surface area contributed by atoms with Crippen molar-refractivity contribution in [3.63, 3.8) is 0 Å². The van der Waals surface area contributed by atoms with E-state index in [0.29, 0.717) is 6.54 Å². The van der Waals surface area contributed by atoms with Crippen molar-refractivity contribution in [1.82, 2.24) is 4.90 Å². The number of hydrogen-bond acceptors (Lipinski definition) is 3. The summed E-state index contributed by atoms with van der Waals surface area (Å²) in [6.07, 6.45) is 4.76. The van der Waals surface area contributed by atoms with Crippen LogP contribution in [0.4, 0.5) is 5.69 Å². The zero-order chi connectivity index (χ0) is 15.1. The number of nitrogens with zero attached hydrogens (tertiary/aromatic N) is 2. The largest absolute Gasteiger partial charge is 0.372 e. The second-order valence-corrected chi connectivity index (χ2v) is 5.94. The number of likely N-dealkylation sites (tertiary alicyclic amines) is 1. The second-order valence-electron chi connectivity index (χ2n) is 5.94. The molecule has 0 spiro atoms. The van der Waals surface area contributed by atoms with Gasteiger partial charge in [-0.05, 0) is 63.0 Å². The third-order valence-electron chi connectivity index (χ3n) is 4.11. The molecule has 0 aromatic heterocycles. The van der Waals surface area contributed by atoms with Gasteiger partial charge in [0.05, 0.1) is 6.54 Å². The molecule has 1 aromatic carbocycles. The smallest absolute Gasteiger partial charge is 0.176 e. The SMILES string of the molecule is CCCN(CCC)c1ccc(C(=O)CN2CCCC2)cc1. The summed E-state index contributed by atoms with van der Waals surface area (Å²) >= 11 is 0. The van der Waals surface area contributed by atoms with E-state index in [1.165, 1.54) is 18.5 Å². The van der Waals surface area contributed by atoms with Crippen LogP contribution in [0.1, 0.15) is 49.9 Å². The molecule has 0 atom stereocenters. The minimum absolute atomic E-state index is 0.251. The average molecular weight is 288 g/mol. The van der Waals surface area contributed by atoms with Crippen LogP contribution in [0.2, 0.25) is 0 Å². The fraction of sp³-hybridized carbons (Fsp3) is 0.611. The van der Waals surface area contributed by atoms with Crippen molar-refractivity contribution in [3.05, 3.63) is 29.8 Å². The van der Waals surface area contributed by atoms with Gasteiger partial charge in [-0.25, -0.2) is 0 Å². The minimum Gasteiger partial charge on any atom is -0.372 e. The maximum absolute atomic E-state index is 12.3. The molecule has 1 fully saturated rings. The molecule has 0 radical (unpaired) electrons. The highest BCUT2D eigenvalue weighted by atomic mass is 16.1. The van der Waals surface area contributed by atoms with Gasteiger partial charge in [0.25, 0.3) is 0 Å². The van der Waals surface area contributed by atoms with Crippen LogP contribution in [0.5, 0.6) is 0 Å². The quantitative estimate of drug-likeness (QED) is 0.683. The predicted octanol–water partition coefficient (Wildman–Crippen LogP) is 3.59. The first kappa shape index (κ1) is 16.0. The van der Waals surface area contributed by atoms with Crippen LogP contribution < -0.4 is 4.90 Å². The molecule has 1 saturated heterocycles. The molecule has 3 nitrogen and oxygen atoms in total. The Hall–Kier alpha value is -1.35. The molecule has 0 bridgehead atoms. The van der Waals surface area contributed by atoms with Crippen molar-refractivity contribution in [2.75, 3.05) is 37.6 Å². The molecule has 0 amide bonds. The zero-order valence-electron chi connectivity index (χ0n) is 13.5. The molecule has 116 valence electrons. The van der Waals surface area contributed by atoms with E-state index in [4.69, 9.17) is 0 Å². The predicted molar refractivity (Wildman–Crippen MR) is 89.2 cm³/mol. The van der Waals surface area contributed by atoms with Crippen molar-refractivity contribution in [2.45, 2.75) is 39.5 Å². The number of carbonyl (C=O) groups excluding carboxylic acids is 1. The van der Waals surface area contributed by atoms with Gasteiger partial charge in [0, 0.05) is 24.3 Å². The van der Waals surface area contributed by atoms with Crippen molar-refractivity contribution >= 4 is 11.5 Å². The lowest BCUT2D eigenvalue weighted by Crippen LogP contribution is -2.27. The van der Waals surface area contributed by atoms with Gasteiger partial charge >= 0.3 is 0 Å².